The molecule has 4 aromatic rings. The lowest BCUT2D eigenvalue weighted by atomic mass is 10.1. The minimum absolute atomic E-state index is 0.157. The number of alkyl halides is 3. The van der Waals surface area contributed by atoms with Gasteiger partial charge in [0.2, 0.25) is 0 Å². The lowest BCUT2D eigenvalue weighted by Gasteiger charge is -2.42. The summed E-state index contributed by atoms with van der Waals surface area (Å²) in [6.45, 7) is 8.60. The fourth-order valence-electron chi connectivity index (χ4n) is 5.04. The fraction of sp³-hybridized carbons (Fsp3) is 0.310. The molecule has 0 aliphatic carbocycles. The van der Waals surface area contributed by atoms with Gasteiger partial charge in [0, 0.05) is 49.8 Å². The molecule has 0 unspecified atom stereocenters. The quantitative estimate of drug-likeness (QED) is 0.352. The van der Waals surface area contributed by atoms with Gasteiger partial charge in [0.1, 0.15) is 17.1 Å². The first-order chi connectivity index (χ1) is 18.6. The number of nitrogens with zero attached hydrogens (tertiary/aromatic N) is 4. The van der Waals surface area contributed by atoms with Gasteiger partial charge < -0.3 is 19.9 Å². The van der Waals surface area contributed by atoms with Crippen molar-refractivity contribution < 1.29 is 22.7 Å². The first-order valence-corrected chi connectivity index (χ1v) is 12.8. The first kappa shape index (κ1) is 26.4. The van der Waals surface area contributed by atoms with E-state index in [0.717, 1.165) is 47.8 Å². The maximum Gasteiger partial charge on any atom is 0.573 e. The topological polar surface area (TPSA) is 62.1 Å². The molecule has 2 aromatic carbocycles. The molecule has 1 aliphatic heterocycles. The Morgan fingerprint density at radius 1 is 1.03 bits per heavy atom. The Morgan fingerprint density at radius 2 is 1.72 bits per heavy atom. The summed E-state index contributed by atoms with van der Waals surface area (Å²) in [6.07, 6.45) is -2.83. The number of anilines is 2. The van der Waals surface area contributed by atoms with E-state index in [1.54, 1.807) is 12.1 Å². The van der Waals surface area contributed by atoms with Crippen molar-refractivity contribution in [2.75, 3.05) is 29.4 Å². The van der Waals surface area contributed by atoms with Crippen LogP contribution in [0.1, 0.15) is 34.2 Å². The van der Waals surface area contributed by atoms with Gasteiger partial charge in [0.15, 0.2) is 0 Å². The number of ether oxygens (including phenoxy) is 1. The van der Waals surface area contributed by atoms with Gasteiger partial charge in [-0.2, -0.15) is 0 Å². The summed E-state index contributed by atoms with van der Waals surface area (Å²) >= 11 is 0. The van der Waals surface area contributed by atoms with E-state index in [9.17, 15) is 18.0 Å². The molecule has 204 valence electrons. The van der Waals surface area contributed by atoms with Gasteiger partial charge in [0.05, 0.1) is 5.69 Å². The zero-order valence-electron chi connectivity index (χ0n) is 22.0. The van der Waals surface area contributed by atoms with Crippen LogP contribution < -0.4 is 19.9 Å². The number of rotatable bonds is 6. The Labute approximate surface area is 224 Å². The first-order valence-electron chi connectivity index (χ1n) is 12.8. The van der Waals surface area contributed by atoms with Crippen LogP contribution in [-0.4, -0.2) is 47.3 Å². The van der Waals surface area contributed by atoms with Gasteiger partial charge in [-0.25, -0.2) is 4.98 Å². The number of pyridine rings is 1. The Bertz CT molecular complexity index is 1470. The highest BCUT2D eigenvalue weighted by atomic mass is 19.4. The summed E-state index contributed by atoms with van der Waals surface area (Å²) in [5.74, 6) is -0.395. The third-order valence-electron chi connectivity index (χ3n) is 6.96. The van der Waals surface area contributed by atoms with Crippen molar-refractivity contribution in [1.82, 2.24) is 14.7 Å². The third-order valence-corrected chi connectivity index (χ3v) is 6.96. The highest BCUT2D eigenvalue weighted by molar-refractivity contribution is 5.94. The second kappa shape index (κ2) is 10.5. The number of aromatic nitrogens is 2. The number of imidazole rings is 1. The Balaban J connectivity index is 1.17. The van der Waals surface area contributed by atoms with Crippen molar-refractivity contribution in [1.29, 1.82) is 0 Å². The standard InChI is InChI=1S/C29H30F3N5O2/c1-19-12-13-37-26(16-19)34-21(3)27(37)28(38)33-17-22-4-6-23(7-5-22)35-14-15-36(20(2)18-35)24-8-10-25(11-9-24)39-29(30,31)32/h4-13,16,20H,14-15,17-18H2,1-3H3,(H,33,38)/t20-/m0/s1. The third kappa shape index (κ3) is 5.94. The second-order valence-corrected chi connectivity index (χ2v) is 9.86. The van der Waals surface area contributed by atoms with Crippen LogP contribution in [0.15, 0.2) is 66.9 Å². The molecule has 1 N–H and O–H groups in total. The zero-order chi connectivity index (χ0) is 27.7. The Hall–Kier alpha value is -4.21. The van der Waals surface area contributed by atoms with E-state index < -0.39 is 6.36 Å². The molecule has 1 fully saturated rings. The highest BCUT2D eigenvalue weighted by Crippen LogP contribution is 2.28. The van der Waals surface area contributed by atoms with Crippen molar-refractivity contribution in [2.45, 2.75) is 39.7 Å². The number of carbonyl (C=O) groups excluding carboxylic acids is 1. The molecule has 1 aliphatic rings. The molecule has 1 amide bonds. The molecule has 2 aromatic heterocycles. The van der Waals surface area contributed by atoms with Gasteiger partial charge in [-0.3, -0.25) is 9.20 Å². The number of nitrogens with one attached hydrogen (secondary N) is 1. The predicted molar refractivity (Wildman–Crippen MR) is 144 cm³/mol. The molecule has 1 saturated heterocycles. The maximum absolute atomic E-state index is 12.9. The number of halogens is 3. The molecule has 5 rings (SSSR count). The van der Waals surface area contributed by atoms with Gasteiger partial charge in [-0.1, -0.05) is 12.1 Å². The smallest absolute Gasteiger partial charge is 0.406 e. The number of piperazine rings is 1. The van der Waals surface area contributed by atoms with Crippen molar-refractivity contribution in [3.8, 4) is 5.75 Å². The number of carbonyl (C=O) groups is 1. The van der Waals surface area contributed by atoms with E-state index >= 15 is 0 Å². The van der Waals surface area contributed by atoms with Gasteiger partial charge in [-0.15, -0.1) is 13.2 Å². The molecule has 7 nitrogen and oxygen atoms in total. The van der Waals surface area contributed by atoms with Crippen molar-refractivity contribution in [3.63, 3.8) is 0 Å². The predicted octanol–water partition coefficient (Wildman–Crippen LogP) is 5.49. The highest BCUT2D eigenvalue weighted by Gasteiger charge is 2.31. The lowest BCUT2D eigenvalue weighted by Crippen LogP contribution is -2.52. The molecular weight excluding hydrogens is 507 g/mol. The maximum atomic E-state index is 12.9. The van der Waals surface area contributed by atoms with Crippen molar-refractivity contribution in [2.24, 2.45) is 0 Å². The number of benzene rings is 2. The van der Waals surface area contributed by atoms with Crippen LogP contribution in [0.25, 0.3) is 5.65 Å². The molecule has 0 saturated carbocycles. The molecule has 0 spiro atoms. The zero-order valence-corrected chi connectivity index (χ0v) is 22.0. The minimum Gasteiger partial charge on any atom is -0.406 e. The molecule has 3 heterocycles. The van der Waals surface area contributed by atoms with E-state index in [-0.39, 0.29) is 17.7 Å². The minimum atomic E-state index is -4.70. The van der Waals surface area contributed by atoms with Crippen LogP contribution in [0, 0.1) is 13.8 Å². The monoisotopic (exact) mass is 537 g/mol. The van der Waals surface area contributed by atoms with E-state index in [2.05, 4.69) is 43.9 Å². The van der Waals surface area contributed by atoms with Crippen LogP contribution in [-0.2, 0) is 6.54 Å². The Kier molecular flexibility index (Phi) is 7.12. The molecule has 0 radical (unpaired) electrons. The number of fused-ring (bicyclic) bond motifs is 1. The summed E-state index contributed by atoms with van der Waals surface area (Å²) in [7, 11) is 0. The van der Waals surface area contributed by atoms with E-state index in [1.165, 1.54) is 12.1 Å². The fourth-order valence-corrected chi connectivity index (χ4v) is 5.04. The summed E-state index contributed by atoms with van der Waals surface area (Å²) in [4.78, 5) is 21.9. The van der Waals surface area contributed by atoms with Crippen molar-refractivity contribution >= 4 is 22.9 Å². The molecule has 10 heteroatoms. The van der Waals surface area contributed by atoms with E-state index in [4.69, 9.17) is 0 Å². The van der Waals surface area contributed by atoms with Crippen LogP contribution in [0.4, 0.5) is 24.5 Å². The number of hydrogen-bond donors (Lipinski definition) is 1. The van der Waals surface area contributed by atoms with Gasteiger partial charge in [-0.05, 0) is 80.4 Å². The number of amides is 1. The summed E-state index contributed by atoms with van der Waals surface area (Å²) in [5.41, 5.74) is 6.00. The molecular formula is C29H30F3N5O2. The van der Waals surface area contributed by atoms with Gasteiger partial charge >= 0.3 is 6.36 Å². The average Bonchev–Trinajstić information content (AvgIpc) is 3.22. The van der Waals surface area contributed by atoms with E-state index in [1.807, 2.05) is 48.7 Å². The SMILES string of the molecule is Cc1ccn2c(C(=O)NCc3ccc(N4CCN(c5ccc(OC(F)(F)F)cc5)[C@@H](C)C4)cc3)c(C)nc2c1. The summed E-state index contributed by atoms with van der Waals surface area (Å²) in [5, 5.41) is 3.00. The number of aryl methyl sites for hydroxylation is 2. The van der Waals surface area contributed by atoms with Crippen LogP contribution >= 0.6 is 0 Å². The summed E-state index contributed by atoms with van der Waals surface area (Å²) < 4.78 is 43.1. The van der Waals surface area contributed by atoms with Crippen LogP contribution in [0.2, 0.25) is 0 Å². The number of hydrogen-bond acceptors (Lipinski definition) is 5. The molecule has 1 atom stereocenters. The van der Waals surface area contributed by atoms with E-state index in [0.29, 0.717) is 17.9 Å². The summed E-state index contributed by atoms with van der Waals surface area (Å²) in [6, 6.07) is 18.2. The van der Waals surface area contributed by atoms with Gasteiger partial charge in [0.25, 0.3) is 5.91 Å². The Morgan fingerprint density at radius 3 is 2.38 bits per heavy atom. The van der Waals surface area contributed by atoms with Crippen LogP contribution in [0.3, 0.4) is 0 Å². The second-order valence-electron chi connectivity index (χ2n) is 9.86. The van der Waals surface area contributed by atoms with Crippen molar-refractivity contribution in [3.05, 3.63) is 89.4 Å². The largest absolute Gasteiger partial charge is 0.573 e. The molecule has 0 bridgehead atoms. The lowest BCUT2D eigenvalue weighted by molar-refractivity contribution is -0.274. The normalized spacial score (nSPS) is 16.0. The average molecular weight is 538 g/mol. The molecule has 39 heavy (non-hydrogen) atoms. The van der Waals surface area contributed by atoms with Crippen LogP contribution in [0.5, 0.6) is 5.75 Å².